The lowest BCUT2D eigenvalue weighted by molar-refractivity contribution is 0.302. The van der Waals surface area contributed by atoms with E-state index in [2.05, 4.69) is 46.1 Å². The van der Waals surface area contributed by atoms with Gasteiger partial charge in [0.05, 0.1) is 0 Å². The van der Waals surface area contributed by atoms with E-state index in [-0.39, 0.29) is 0 Å². The molecule has 0 aliphatic carbocycles. The Morgan fingerprint density at radius 1 is 1.30 bits per heavy atom. The molecule has 2 aromatic rings. The summed E-state index contributed by atoms with van der Waals surface area (Å²) < 4.78 is 7.06. The fraction of sp³-hybridized carbons (Fsp3) is 0.312. The number of nitrogens with zero attached hydrogens (tertiary/aromatic N) is 1. The Morgan fingerprint density at radius 2 is 2.10 bits per heavy atom. The van der Waals surface area contributed by atoms with Crippen LogP contribution in [0.5, 0.6) is 5.75 Å². The van der Waals surface area contributed by atoms with Gasteiger partial charge in [-0.1, -0.05) is 35.8 Å². The highest BCUT2D eigenvalue weighted by Crippen LogP contribution is 2.30. The molecule has 20 heavy (non-hydrogen) atoms. The van der Waals surface area contributed by atoms with Gasteiger partial charge in [0.2, 0.25) is 0 Å². The van der Waals surface area contributed by atoms with E-state index in [0.717, 1.165) is 21.6 Å². The van der Waals surface area contributed by atoms with Crippen molar-refractivity contribution in [1.82, 2.24) is 4.98 Å². The maximum atomic E-state index is 5.98. The highest BCUT2D eigenvalue weighted by atomic mass is 79.9. The molecule has 1 aromatic carbocycles. The molecule has 3 nitrogen and oxygen atoms in total. The van der Waals surface area contributed by atoms with Crippen molar-refractivity contribution in [3.63, 3.8) is 0 Å². The van der Waals surface area contributed by atoms with Gasteiger partial charge in [0.1, 0.15) is 18.2 Å². The van der Waals surface area contributed by atoms with Gasteiger partial charge in [-0.2, -0.15) is 0 Å². The van der Waals surface area contributed by atoms with Crippen LogP contribution in [0.15, 0.2) is 41.0 Å². The largest absolute Gasteiger partial charge is 0.488 e. The van der Waals surface area contributed by atoms with Crippen molar-refractivity contribution in [2.75, 3.05) is 12.4 Å². The summed E-state index contributed by atoms with van der Waals surface area (Å²) in [5.74, 6) is 2.20. The van der Waals surface area contributed by atoms with Crippen LogP contribution in [0.4, 0.5) is 5.82 Å². The van der Waals surface area contributed by atoms with E-state index in [4.69, 9.17) is 4.74 Å². The molecule has 0 aliphatic heterocycles. The van der Waals surface area contributed by atoms with E-state index in [0.29, 0.717) is 12.5 Å². The number of benzene rings is 1. The van der Waals surface area contributed by atoms with Gasteiger partial charge in [0.25, 0.3) is 0 Å². The van der Waals surface area contributed by atoms with Gasteiger partial charge in [0.15, 0.2) is 0 Å². The average Bonchev–Trinajstić information content (AvgIpc) is 2.46. The van der Waals surface area contributed by atoms with Crippen LogP contribution in [-0.2, 0) is 6.61 Å². The molecule has 1 aromatic heterocycles. The number of halogens is 1. The number of hydrogen-bond donors (Lipinski definition) is 1. The molecule has 0 spiro atoms. The Labute approximate surface area is 128 Å². The molecule has 2 rings (SSSR count). The van der Waals surface area contributed by atoms with Crippen LogP contribution in [0.25, 0.3) is 0 Å². The molecule has 0 amide bonds. The SMILES string of the molecule is CNc1ncccc1COc1ccc(Br)cc1C(C)C. The van der Waals surface area contributed by atoms with Crippen LogP contribution >= 0.6 is 15.9 Å². The molecule has 0 radical (unpaired) electrons. The third kappa shape index (κ3) is 3.51. The molecule has 4 heteroatoms. The summed E-state index contributed by atoms with van der Waals surface area (Å²) in [4.78, 5) is 4.28. The van der Waals surface area contributed by atoms with Crippen LogP contribution in [0.3, 0.4) is 0 Å². The molecule has 106 valence electrons. The number of aromatic nitrogens is 1. The smallest absolute Gasteiger partial charge is 0.132 e. The first kappa shape index (κ1) is 14.9. The van der Waals surface area contributed by atoms with Gasteiger partial charge >= 0.3 is 0 Å². The molecule has 0 bridgehead atoms. The van der Waals surface area contributed by atoms with E-state index in [1.54, 1.807) is 6.20 Å². The standard InChI is InChI=1S/C16H19BrN2O/c1-11(2)14-9-13(17)6-7-15(14)20-10-12-5-4-8-19-16(12)18-3/h4-9,11H,10H2,1-3H3,(H,18,19). The van der Waals surface area contributed by atoms with Crippen molar-refractivity contribution in [2.24, 2.45) is 0 Å². The Hall–Kier alpha value is -1.55. The summed E-state index contributed by atoms with van der Waals surface area (Å²) in [6.07, 6.45) is 1.77. The van der Waals surface area contributed by atoms with Crippen LogP contribution < -0.4 is 10.1 Å². The van der Waals surface area contributed by atoms with Crippen molar-refractivity contribution >= 4 is 21.7 Å². The van der Waals surface area contributed by atoms with Crippen molar-refractivity contribution in [1.29, 1.82) is 0 Å². The van der Waals surface area contributed by atoms with Crippen LogP contribution in [0.2, 0.25) is 0 Å². The lowest BCUT2D eigenvalue weighted by Gasteiger charge is -2.15. The zero-order chi connectivity index (χ0) is 14.5. The fourth-order valence-electron chi connectivity index (χ4n) is 2.04. The Kier molecular flexibility index (Phi) is 5.01. The predicted octanol–water partition coefficient (Wildman–Crippen LogP) is 4.59. The van der Waals surface area contributed by atoms with E-state index >= 15 is 0 Å². The summed E-state index contributed by atoms with van der Waals surface area (Å²) >= 11 is 3.51. The molecule has 1 heterocycles. The maximum Gasteiger partial charge on any atom is 0.132 e. The molecule has 0 unspecified atom stereocenters. The topological polar surface area (TPSA) is 34.2 Å². The minimum absolute atomic E-state index is 0.417. The van der Waals surface area contributed by atoms with Gasteiger partial charge < -0.3 is 10.1 Å². The second-order valence-corrected chi connectivity index (χ2v) is 5.80. The van der Waals surface area contributed by atoms with Crippen molar-refractivity contribution in [2.45, 2.75) is 26.4 Å². The molecule has 1 N–H and O–H groups in total. The molecule has 0 fully saturated rings. The van der Waals surface area contributed by atoms with Gasteiger partial charge in [-0.15, -0.1) is 0 Å². The summed E-state index contributed by atoms with van der Waals surface area (Å²) in [6.45, 7) is 4.83. The van der Waals surface area contributed by atoms with Gasteiger partial charge in [-0.25, -0.2) is 4.98 Å². The number of rotatable bonds is 5. The van der Waals surface area contributed by atoms with Gasteiger partial charge in [-0.3, -0.25) is 0 Å². The summed E-state index contributed by atoms with van der Waals surface area (Å²) in [6, 6.07) is 10.1. The quantitative estimate of drug-likeness (QED) is 0.868. The number of anilines is 1. The zero-order valence-electron chi connectivity index (χ0n) is 12.0. The predicted molar refractivity (Wildman–Crippen MR) is 86.3 cm³/mol. The number of hydrogen-bond acceptors (Lipinski definition) is 3. The number of nitrogens with one attached hydrogen (secondary N) is 1. The second-order valence-electron chi connectivity index (χ2n) is 4.89. The number of pyridine rings is 1. The molecule has 0 aliphatic rings. The van der Waals surface area contributed by atoms with Crippen molar-refractivity contribution in [3.8, 4) is 5.75 Å². The molecular formula is C16H19BrN2O. The lowest BCUT2D eigenvalue weighted by Crippen LogP contribution is -2.04. The minimum atomic E-state index is 0.417. The summed E-state index contributed by atoms with van der Waals surface area (Å²) in [7, 11) is 1.87. The molecule has 0 atom stereocenters. The molecule has 0 saturated carbocycles. The fourth-order valence-corrected chi connectivity index (χ4v) is 2.42. The molecule has 0 saturated heterocycles. The monoisotopic (exact) mass is 334 g/mol. The third-order valence-electron chi connectivity index (χ3n) is 3.11. The first-order chi connectivity index (χ1) is 9.61. The van der Waals surface area contributed by atoms with Crippen molar-refractivity contribution < 1.29 is 4.74 Å². The first-order valence-corrected chi connectivity index (χ1v) is 7.45. The Morgan fingerprint density at radius 3 is 2.80 bits per heavy atom. The van der Waals surface area contributed by atoms with Crippen LogP contribution in [-0.4, -0.2) is 12.0 Å². The summed E-state index contributed by atoms with van der Waals surface area (Å²) in [5.41, 5.74) is 2.25. The summed E-state index contributed by atoms with van der Waals surface area (Å²) in [5, 5.41) is 3.08. The lowest BCUT2D eigenvalue weighted by atomic mass is 10.0. The third-order valence-corrected chi connectivity index (χ3v) is 3.60. The Bertz CT molecular complexity index is 584. The van der Waals surface area contributed by atoms with Crippen LogP contribution in [0, 0.1) is 0 Å². The minimum Gasteiger partial charge on any atom is -0.488 e. The van der Waals surface area contributed by atoms with Crippen molar-refractivity contribution in [3.05, 3.63) is 52.1 Å². The van der Waals surface area contributed by atoms with Crippen LogP contribution in [0.1, 0.15) is 30.9 Å². The van der Waals surface area contributed by atoms with E-state index in [9.17, 15) is 0 Å². The zero-order valence-corrected chi connectivity index (χ0v) is 13.6. The Balaban J connectivity index is 2.19. The molecular weight excluding hydrogens is 316 g/mol. The van der Waals surface area contributed by atoms with E-state index in [1.807, 2.05) is 31.3 Å². The second kappa shape index (κ2) is 6.75. The van der Waals surface area contributed by atoms with E-state index in [1.165, 1.54) is 5.56 Å². The number of ether oxygens (including phenoxy) is 1. The highest BCUT2D eigenvalue weighted by molar-refractivity contribution is 9.10. The van der Waals surface area contributed by atoms with Gasteiger partial charge in [-0.05, 0) is 35.7 Å². The van der Waals surface area contributed by atoms with E-state index < -0.39 is 0 Å². The first-order valence-electron chi connectivity index (χ1n) is 6.65. The highest BCUT2D eigenvalue weighted by Gasteiger charge is 2.10. The maximum absolute atomic E-state index is 5.98. The van der Waals surface area contributed by atoms with Gasteiger partial charge in [0, 0.05) is 23.3 Å². The normalized spacial score (nSPS) is 10.7. The average molecular weight is 335 g/mol.